The average molecular weight is 501 g/mol. The molecule has 5 heteroatoms. The number of carbonyl (C=O) groups excluding carboxylic acids is 2. The van der Waals surface area contributed by atoms with Crippen LogP contribution >= 0.6 is 0 Å². The molecule has 37 heavy (non-hydrogen) atoms. The third kappa shape index (κ3) is 8.49. The highest BCUT2D eigenvalue weighted by Gasteiger charge is 2.30. The fourth-order valence-corrected chi connectivity index (χ4v) is 4.21. The Bertz CT molecular complexity index is 1150. The van der Waals surface area contributed by atoms with Gasteiger partial charge in [-0.2, -0.15) is 0 Å². The van der Waals surface area contributed by atoms with Crippen LogP contribution in [0, 0.1) is 6.92 Å². The second kappa shape index (κ2) is 13.1. The Morgan fingerprint density at radius 2 is 1.59 bits per heavy atom. The maximum Gasteiger partial charge on any atom is 0.261 e. The minimum Gasteiger partial charge on any atom is -0.484 e. The number of nitrogens with zero attached hydrogens (tertiary/aromatic N) is 1. The van der Waals surface area contributed by atoms with E-state index >= 15 is 0 Å². The van der Waals surface area contributed by atoms with Gasteiger partial charge in [0.15, 0.2) is 6.61 Å². The molecule has 0 aromatic heterocycles. The second-order valence-electron chi connectivity index (χ2n) is 10.6. The molecule has 0 heterocycles. The van der Waals surface area contributed by atoms with Crippen molar-refractivity contribution in [2.75, 3.05) is 13.2 Å². The molecule has 0 saturated carbocycles. The minimum atomic E-state index is -0.658. The maximum absolute atomic E-state index is 13.7. The molecule has 0 aliphatic carbocycles. The van der Waals surface area contributed by atoms with E-state index in [2.05, 4.69) is 32.2 Å². The second-order valence-corrected chi connectivity index (χ2v) is 10.6. The fourth-order valence-electron chi connectivity index (χ4n) is 4.21. The van der Waals surface area contributed by atoms with Crippen molar-refractivity contribution in [3.05, 3.63) is 101 Å². The van der Waals surface area contributed by atoms with Gasteiger partial charge >= 0.3 is 0 Å². The smallest absolute Gasteiger partial charge is 0.261 e. The van der Waals surface area contributed by atoms with E-state index in [1.807, 2.05) is 86.6 Å². The molecule has 0 spiro atoms. The molecule has 0 unspecified atom stereocenters. The number of hydrogen-bond donors (Lipinski definition) is 1. The van der Waals surface area contributed by atoms with Gasteiger partial charge in [-0.05, 0) is 47.6 Å². The summed E-state index contributed by atoms with van der Waals surface area (Å²) in [6, 6.07) is 25.1. The molecular formula is C32H40N2O3. The quantitative estimate of drug-likeness (QED) is 0.360. The normalized spacial score (nSPS) is 12.0. The SMILES string of the molecule is CCCNC(=O)[C@@H](Cc1ccccc1)N(Cc1cccc(C)c1)C(=O)COc1ccc(C(C)(C)C)cc1. The summed E-state index contributed by atoms with van der Waals surface area (Å²) in [5.41, 5.74) is 4.32. The van der Waals surface area contributed by atoms with E-state index in [0.717, 1.165) is 23.1 Å². The van der Waals surface area contributed by atoms with Crippen LogP contribution in [-0.2, 0) is 28.0 Å². The van der Waals surface area contributed by atoms with Gasteiger partial charge in [0, 0.05) is 19.5 Å². The number of aryl methyl sites for hydroxylation is 1. The monoisotopic (exact) mass is 500 g/mol. The Labute approximate surface area is 221 Å². The standard InChI is InChI=1S/C32H40N2O3/c1-6-19-33-31(36)29(21-25-12-8-7-9-13-25)34(22-26-14-10-11-24(2)20-26)30(35)23-37-28-17-15-27(16-18-28)32(3,4)5/h7-18,20,29H,6,19,21-23H2,1-5H3,(H,33,36)/t29-/m1/s1. The lowest BCUT2D eigenvalue weighted by molar-refractivity contribution is -0.142. The van der Waals surface area contributed by atoms with Crippen molar-refractivity contribution < 1.29 is 14.3 Å². The van der Waals surface area contributed by atoms with Gasteiger partial charge in [0.1, 0.15) is 11.8 Å². The van der Waals surface area contributed by atoms with Crippen molar-refractivity contribution in [1.82, 2.24) is 10.2 Å². The predicted molar refractivity (Wildman–Crippen MR) is 150 cm³/mol. The molecule has 3 aromatic carbocycles. The molecule has 0 radical (unpaired) electrons. The number of hydrogen-bond acceptors (Lipinski definition) is 3. The van der Waals surface area contributed by atoms with E-state index in [4.69, 9.17) is 4.74 Å². The van der Waals surface area contributed by atoms with Crippen LogP contribution in [0.5, 0.6) is 5.75 Å². The predicted octanol–water partition coefficient (Wildman–Crippen LogP) is 5.84. The number of ether oxygens (including phenoxy) is 1. The number of amides is 2. The van der Waals surface area contributed by atoms with Crippen molar-refractivity contribution in [1.29, 1.82) is 0 Å². The largest absolute Gasteiger partial charge is 0.484 e. The van der Waals surface area contributed by atoms with Crippen molar-refractivity contribution in [2.45, 2.75) is 65.5 Å². The van der Waals surface area contributed by atoms with Crippen LogP contribution in [0.4, 0.5) is 0 Å². The molecule has 1 N–H and O–H groups in total. The first-order valence-corrected chi connectivity index (χ1v) is 13.1. The van der Waals surface area contributed by atoms with E-state index in [0.29, 0.717) is 25.3 Å². The van der Waals surface area contributed by atoms with E-state index in [9.17, 15) is 9.59 Å². The average Bonchev–Trinajstić information content (AvgIpc) is 2.88. The van der Waals surface area contributed by atoms with Crippen LogP contribution in [-0.4, -0.2) is 35.9 Å². The lowest BCUT2D eigenvalue weighted by Gasteiger charge is -2.31. The molecule has 3 rings (SSSR count). The Balaban J connectivity index is 1.86. The molecule has 0 aliphatic heterocycles. The molecule has 0 bridgehead atoms. The zero-order valence-corrected chi connectivity index (χ0v) is 22.8. The van der Waals surface area contributed by atoms with Crippen molar-refractivity contribution in [2.24, 2.45) is 0 Å². The molecule has 0 fully saturated rings. The van der Waals surface area contributed by atoms with Crippen LogP contribution in [0.1, 0.15) is 56.4 Å². The van der Waals surface area contributed by atoms with E-state index in [1.54, 1.807) is 4.90 Å². The lowest BCUT2D eigenvalue weighted by atomic mass is 9.87. The molecule has 1 atom stereocenters. The van der Waals surface area contributed by atoms with Crippen LogP contribution in [0.3, 0.4) is 0 Å². The summed E-state index contributed by atoms with van der Waals surface area (Å²) in [5, 5.41) is 3.01. The molecule has 5 nitrogen and oxygen atoms in total. The van der Waals surface area contributed by atoms with E-state index in [1.165, 1.54) is 5.56 Å². The zero-order valence-electron chi connectivity index (χ0n) is 22.8. The summed E-state index contributed by atoms with van der Waals surface area (Å²) in [6.07, 6.45) is 1.25. The van der Waals surface area contributed by atoms with Crippen molar-refractivity contribution in [3.63, 3.8) is 0 Å². The third-order valence-corrected chi connectivity index (χ3v) is 6.34. The molecule has 3 aromatic rings. The summed E-state index contributed by atoms with van der Waals surface area (Å²) in [6.45, 7) is 11.3. The first-order chi connectivity index (χ1) is 17.7. The number of rotatable bonds is 11. The van der Waals surface area contributed by atoms with Crippen molar-refractivity contribution in [3.8, 4) is 5.75 Å². The van der Waals surface area contributed by atoms with Gasteiger partial charge in [0.25, 0.3) is 5.91 Å². The van der Waals surface area contributed by atoms with Gasteiger partial charge in [-0.25, -0.2) is 0 Å². The van der Waals surface area contributed by atoms with Crippen LogP contribution in [0.15, 0.2) is 78.9 Å². The summed E-state index contributed by atoms with van der Waals surface area (Å²) in [4.78, 5) is 28.7. The zero-order chi connectivity index (χ0) is 26.8. The number of benzene rings is 3. The van der Waals surface area contributed by atoms with E-state index in [-0.39, 0.29) is 23.8 Å². The first-order valence-electron chi connectivity index (χ1n) is 13.1. The molecular weight excluding hydrogens is 460 g/mol. The van der Waals surface area contributed by atoms with Gasteiger partial charge < -0.3 is 15.0 Å². The van der Waals surface area contributed by atoms with Gasteiger partial charge in [0.2, 0.25) is 5.91 Å². The summed E-state index contributed by atoms with van der Waals surface area (Å²) in [7, 11) is 0. The molecule has 196 valence electrons. The Morgan fingerprint density at radius 3 is 2.22 bits per heavy atom. The van der Waals surface area contributed by atoms with Crippen LogP contribution in [0.25, 0.3) is 0 Å². The number of nitrogens with one attached hydrogen (secondary N) is 1. The van der Waals surface area contributed by atoms with Gasteiger partial charge in [0.05, 0.1) is 0 Å². The van der Waals surface area contributed by atoms with Crippen LogP contribution in [0.2, 0.25) is 0 Å². The van der Waals surface area contributed by atoms with Gasteiger partial charge in [-0.3, -0.25) is 9.59 Å². The van der Waals surface area contributed by atoms with Crippen LogP contribution < -0.4 is 10.1 Å². The van der Waals surface area contributed by atoms with Gasteiger partial charge in [-0.1, -0.05) is 100.0 Å². The molecule has 0 saturated heterocycles. The number of carbonyl (C=O) groups is 2. The first kappa shape index (κ1) is 28.0. The summed E-state index contributed by atoms with van der Waals surface area (Å²) < 4.78 is 5.92. The Kier molecular flexibility index (Phi) is 9.90. The fraction of sp³-hybridized carbons (Fsp3) is 0.375. The van der Waals surface area contributed by atoms with Gasteiger partial charge in [-0.15, -0.1) is 0 Å². The molecule has 2 amide bonds. The Hall–Kier alpha value is -3.60. The maximum atomic E-state index is 13.7. The minimum absolute atomic E-state index is 0.0372. The van der Waals surface area contributed by atoms with Crippen molar-refractivity contribution >= 4 is 11.8 Å². The summed E-state index contributed by atoms with van der Waals surface area (Å²) in [5.74, 6) is 0.252. The highest BCUT2D eigenvalue weighted by atomic mass is 16.5. The third-order valence-electron chi connectivity index (χ3n) is 6.34. The Morgan fingerprint density at radius 1 is 0.919 bits per heavy atom. The highest BCUT2D eigenvalue weighted by molar-refractivity contribution is 5.88. The molecule has 0 aliphatic rings. The topological polar surface area (TPSA) is 58.6 Å². The lowest BCUT2D eigenvalue weighted by Crippen LogP contribution is -2.51. The van der Waals surface area contributed by atoms with E-state index < -0.39 is 6.04 Å². The highest BCUT2D eigenvalue weighted by Crippen LogP contribution is 2.24. The summed E-state index contributed by atoms with van der Waals surface area (Å²) >= 11 is 0.